The van der Waals surface area contributed by atoms with Crippen molar-refractivity contribution in [2.24, 2.45) is 0 Å². The van der Waals surface area contributed by atoms with Crippen molar-refractivity contribution in [2.75, 3.05) is 12.3 Å². The minimum Gasteiger partial charge on any atom is -0.492 e. The first-order chi connectivity index (χ1) is 10.3. The molecular formula is C15H15N5O. The highest BCUT2D eigenvalue weighted by Crippen LogP contribution is 2.24. The topological polar surface area (TPSA) is 78.8 Å². The molecule has 21 heavy (non-hydrogen) atoms. The van der Waals surface area contributed by atoms with Gasteiger partial charge in [0.05, 0.1) is 18.0 Å². The van der Waals surface area contributed by atoms with Gasteiger partial charge in [-0.05, 0) is 24.3 Å². The Balaban J connectivity index is 1.95. The lowest BCUT2D eigenvalue weighted by atomic mass is 10.2. The number of rotatable bonds is 4. The monoisotopic (exact) mass is 281 g/mol. The molecule has 0 atom stereocenters. The summed E-state index contributed by atoms with van der Waals surface area (Å²) in [5, 5.41) is 12.5. The molecule has 1 aromatic heterocycles. The van der Waals surface area contributed by atoms with Crippen LogP contribution < -0.4 is 10.5 Å². The van der Waals surface area contributed by atoms with Crippen LogP contribution in [0.3, 0.4) is 0 Å². The van der Waals surface area contributed by atoms with Crippen LogP contribution in [0.4, 0.5) is 5.69 Å². The van der Waals surface area contributed by atoms with E-state index >= 15 is 0 Å². The van der Waals surface area contributed by atoms with Crippen LogP contribution in [0.5, 0.6) is 5.75 Å². The lowest BCUT2D eigenvalue weighted by molar-refractivity contribution is 0.342. The van der Waals surface area contributed by atoms with Crippen LogP contribution in [0.1, 0.15) is 6.92 Å². The Hall–Kier alpha value is -2.89. The van der Waals surface area contributed by atoms with Gasteiger partial charge < -0.3 is 10.5 Å². The van der Waals surface area contributed by atoms with Crippen LogP contribution >= 0.6 is 0 Å². The number of ether oxygens (including phenoxy) is 1. The molecule has 0 saturated heterocycles. The summed E-state index contributed by atoms with van der Waals surface area (Å²) in [5.74, 6) is 1.19. The van der Waals surface area contributed by atoms with Gasteiger partial charge in [-0.2, -0.15) is 0 Å². The Bertz CT molecular complexity index is 739. The average molecular weight is 281 g/mol. The van der Waals surface area contributed by atoms with Gasteiger partial charge in [-0.15, -0.1) is 15.0 Å². The van der Waals surface area contributed by atoms with Gasteiger partial charge in [-0.1, -0.05) is 30.3 Å². The van der Waals surface area contributed by atoms with Crippen LogP contribution in [0.25, 0.3) is 17.1 Å². The molecule has 0 amide bonds. The standard InChI is InChI=1S/C15H15N5O/c1-2-21-14-10-12(8-9-13(14)16)20-18-15(17-19-20)11-6-4-3-5-7-11/h3-10H,2,16H2,1H3. The summed E-state index contributed by atoms with van der Waals surface area (Å²) in [6, 6.07) is 15.1. The van der Waals surface area contributed by atoms with Crippen molar-refractivity contribution in [3.8, 4) is 22.8 Å². The molecule has 3 rings (SSSR count). The fraction of sp³-hybridized carbons (Fsp3) is 0.133. The highest BCUT2D eigenvalue weighted by atomic mass is 16.5. The molecule has 2 N–H and O–H groups in total. The first-order valence-electron chi connectivity index (χ1n) is 6.66. The zero-order chi connectivity index (χ0) is 14.7. The van der Waals surface area contributed by atoms with Crippen LogP contribution in [-0.4, -0.2) is 26.8 Å². The van der Waals surface area contributed by atoms with E-state index < -0.39 is 0 Å². The maximum Gasteiger partial charge on any atom is 0.205 e. The van der Waals surface area contributed by atoms with Gasteiger partial charge in [0.2, 0.25) is 5.82 Å². The highest BCUT2D eigenvalue weighted by Gasteiger charge is 2.09. The molecule has 2 aromatic carbocycles. The predicted octanol–water partition coefficient (Wildman–Crippen LogP) is 2.31. The molecule has 0 bridgehead atoms. The Morgan fingerprint density at radius 2 is 1.95 bits per heavy atom. The smallest absolute Gasteiger partial charge is 0.205 e. The van der Waals surface area contributed by atoms with Crippen LogP contribution in [0.15, 0.2) is 48.5 Å². The van der Waals surface area contributed by atoms with Gasteiger partial charge in [-0.25, -0.2) is 0 Å². The second-order valence-electron chi connectivity index (χ2n) is 4.42. The number of tetrazole rings is 1. The molecule has 0 aliphatic rings. The zero-order valence-electron chi connectivity index (χ0n) is 11.6. The van der Waals surface area contributed by atoms with Crippen molar-refractivity contribution < 1.29 is 4.74 Å². The number of hydrogen-bond acceptors (Lipinski definition) is 5. The third kappa shape index (κ3) is 2.69. The average Bonchev–Trinajstić information content (AvgIpc) is 3.00. The van der Waals surface area contributed by atoms with E-state index in [2.05, 4.69) is 15.4 Å². The third-order valence-electron chi connectivity index (χ3n) is 2.97. The number of nitrogens with two attached hydrogens (primary N) is 1. The van der Waals surface area contributed by atoms with Crippen LogP contribution in [0, 0.1) is 0 Å². The number of nitrogen functional groups attached to an aromatic ring is 1. The van der Waals surface area contributed by atoms with E-state index in [-0.39, 0.29) is 0 Å². The number of aromatic nitrogens is 4. The van der Waals surface area contributed by atoms with Gasteiger partial charge in [0.1, 0.15) is 5.75 Å². The molecular weight excluding hydrogens is 266 g/mol. The summed E-state index contributed by atoms with van der Waals surface area (Å²) < 4.78 is 5.48. The van der Waals surface area contributed by atoms with Gasteiger partial charge in [0.25, 0.3) is 0 Å². The molecule has 1 heterocycles. The fourth-order valence-electron chi connectivity index (χ4n) is 1.95. The molecule has 106 valence electrons. The van der Waals surface area contributed by atoms with Crippen LogP contribution in [0.2, 0.25) is 0 Å². The molecule has 0 spiro atoms. The first kappa shape index (κ1) is 13.1. The van der Waals surface area contributed by atoms with Crippen LogP contribution in [-0.2, 0) is 0 Å². The van der Waals surface area contributed by atoms with Crippen molar-refractivity contribution in [3.05, 3.63) is 48.5 Å². The molecule has 0 aliphatic heterocycles. The lowest BCUT2D eigenvalue weighted by Crippen LogP contribution is -2.02. The summed E-state index contributed by atoms with van der Waals surface area (Å²) in [6.07, 6.45) is 0. The van der Waals surface area contributed by atoms with Gasteiger partial charge in [0, 0.05) is 11.6 Å². The van der Waals surface area contributed by atoms with E-state index in [1.807, 2.05) is 43.3 Å². The number of nitrogens with zero attached hydrogens (tertiary/aromatic N) is 4. The van der Waals surface area contributed by atoms with E-state index in [1.165, 1.54) is 4.80 Å². The minimum absolute atomic E-state index is 0.549. The Morgan fingerprint density at radius 3 is 2.71 bits per heavy atom. The summed E-state index contributed by atoms with van der Waals surface area (Å²) in [5.41, 5.74) is 8.12. The van der Waals surface area contributed by atoms with Crippen molar-refractivity contribution >= 4 is 5.69 Å². The quantitative estimate of drug-likeness (QED) is 0.742. The van der Waals surface area contributed by atoms with Gasteiger partial charge in [0.15, 0.2) is 0 Å². The van der Waals surface area contributed by atoms with E-state index in [0.29, 0.717) is 23.9 Å². The normalized spacial score (nSPS) is 10.5. The Labute approximate surface area is 122 Å². The van der Waals surface area contributed by atoms with Crippen molar-refractivity contribution in [1.82, 2.24) is 20.2 Å². The maximum atomic E-state index is 5.86. The molecule has 6 nitrogen and oxygen atoms in total. The van der Waals surface area contributed by atoms with Gasteiger partial charge in [-0.3, -0.25) is 0 Å². The second kappa shape index (κ2) is 5.62. The predicted molar refractivity (Wildman–Crippen MR) is 80.2 cm³/mol. The number of hydrogen-bond donors (Lipinski definition) is 1. The van der Waals surface area contributed by atoms with Crippen molar-refractivity contribution in [2.45, 2.75) is 6.92 Å². The number of benzene rings is 2. The summed E-state index contributed by atoms with van der Waals surface area (Å²) >= 11 is 0. The maximum absolute atomic E-state index is 5.86. The largest absolute Gasteiger partial charge is 0.492 e. The molecule has 0 radical (unpaired) electrons. The summed E-state index contributed by atoms with van der Waals surface area (Å²) in [7, 11) is 0. The summed E-state index contributed by atoms with van der Waals surface area (Å²) in [4.78, 5) is 1.46. The molecule has 0 aliphatic carbocycles. The molecule has 0 unspecified atom stereocenters. The lowest BCUT2D eigenvalue weighted by Gasteiger charge is -2.07. The minimum atomic E-state index is 0.549. The Kier molecular flexibility index (Phi) is 3.51. The second-order valence-corrected chi connectivity index (χ2v) is 4.42. The number of anilines is 1. The highest BCUT2D eigenvalue weighted by molar-refractivity contribution is 5.58. The fourth-order valence-corrected chi connectivity index (χ4v) is 1.95. The summed E-state index contributed by atoms with van der Waals surface area (Å²) in [6.45, 7) is 2.46. The Morgan fingerprint density at radius 1 is 1.14 bits per heavy atom. The molecule has 6 heteroatoms. The molecule has 3 aromatic rings. The SMILES string of the molecule is CCOc1cc(-n2nnc(-c3ccccc3)n2)ccc1N. The van der Waals surface area contributed by atoms with Gasteiger partial charge >= 0.3 is 0 Å². The van der Waals surface area contributed by atoms with Crippen molar-refractivity contribution in [3.63, 3.8) is 0 Å². The molecule has 0 fully saturated rings. The molecule has 0 saturated carbocycles. The van der Waals surface area contributed by atoms with E-state index in [0.717, 1.165) is 11.3 Å². The van der Waals surface area contributed by atoms with E-state index in [4.69, 9.17) is 10.5 Å². The first-order valence-corrected chi connectivity index (χ1v) is 6.66. The zero-order valence-corrected chi connectivity index (χ0v) is 11.6. The van der Waals surface area contributed by atoms with E-state index in [9.17, 15) is 0 Å². The third-order valence-corrected chi connectivity index (χ3v) is 2.97. The van der Waals surface area contributed by atoms with Crippen molar-refractivity contribution in [1.29, 1.82) is 0 Å². The van der Waals surface area contributed by atoms with E-state index in [1.54, 1.807) is 12.1 Å².